The zero-order valence-electron chi connectivity index (χ0n) is 8.30. The van der Waals surface area contributed by atoms with Crippen LogP contribution in [0.25, 0.3) is 10.4 Å². The van der Waals surface area contributed by atoms with E-state index in [-0.39, 0.29) is 0 Å². The molecule has 0 aliphatic heterocycles. The molecule has 0 aliphatic rings. The third-order valence-electron chi connectivity index (χ3n) is 1.55. The monoisotopic (exact) mass is 221 g/mol. The first-order valence-corrected chi connectivity index (χ1v) is 6.54. The van der Waals surface area contributed by atoms with Crippen LogP contribution in [-0.4, -0.2) is 24.7 Å². The molecule has 1 atom stereocenters. The molecule has 14 heavy (non-hydrogen) atoms. The van der Waals surface area contributed by atoms with E-state index in [1.807, 2.05) is 0 Å². The molecule has 0 fully saturated rings. The van der Waals surface area contributed by atoms with E-state index in [0.29, 0.717) is 13.2 Å². The maximum absolute atomic E-state index is 10.7. The average Bonchev–Trinajstić information content (AvgIpc) is 2.08. The Kier molecular flexibility index (Phi) is 7.52. The normalized spacial score (nSPS) is 14.4. The van der Waals surface area contributed by atoms with Crippen molar-refractivity contribution in [1.29, 1.82) is 0 Å². The van der Waals surface area contributed by atoms with Crippen LogP contribution in [0.4, 0.5) is 0 Å². The van der Waals surface area contributed by atoms with Gasteiger partial charge in [0.05, 0.1) is 6.61 Å². The Bertz CT molecular complexity index is 234. The summed E-state index contributed by atoms with van der Waals surface area (Å²) in [5, 5.41) is 3.39. The van der Waals surface area contributed by atoms with Crippen LogP contribution in [0.15, 0.2) is 5.11 Å². The van der Waals surface area contributed by atoms with Gasteiger partial charge < -0.3 is 9.42 Å². The van der Waals surface area contributed by atoms with Crippen LogP contribution in [0.2, 0.25) is 0 Å². The van der Waals surface area contributed by atoms with Gasteiger partial charge in [-0.2, -0.15) is 0 Å². The van der Waals surface area contributed by atoms with Crippen molar-refractivity contribution in [2.75, 3.05) is 19.8 Å². The molecule has 0 rings (SSSR count). The molecule has 0 radical (unpaired) electrons. The van der Waals surface area contributed by atoms with Crippen LogP contribution in [0.5, 0.6) is 0 Å². The van der Waals surface area contributed by atoms with Gasteiger partial charge in [0.15, 0.2) is 0 Å². The Morgan fingerprint density at radius 2 is 2.07 bits per heavy atom. The van der Waals surface area contributed by atoms with Crippen LogP contribution in [0, 0.1) is 0 Å². The summed E-state index contributed by atoms with van der Waals surface area (Å²) >= 11 is 0. The molecule has 0 saturated heterocycles. The Hall–Kier alpha value is -0.540. The molecule has 7 heteroatoms. The average molecular weight is 221 g/mol. The van der Waals surface area contributed by atoms with Crippen molar-refractivity contribution in [3.63, 3.8) is 0 Å². The summed E-state index contributed by atoms with van der Waals surface area (Å²) in [5.41, 5.74) is 7.98. The first-order chi connectivity index (χ1) is 6.56. The predicted octanol–water partition coefficient (Wildman–Crippen LogP) is 2.69. The van der Waals surface area contributed by atoms with Crippen molar-refractivity contribution < 1.29 is 14.0 Å². The lowest BCUT2D eigenvalue weighted by Crippen LogP contribution is -1.92. The third kappa shape index (κ3) is 11.5. The summed E-state index contributed by atoms with van der Waals surface area (Å²) in [6, 6.07) is 0. The van der Waals surface area contributed by atoms with Gasteiger partial charge in [-0.1, -0.05) is 18.0 Å². The fraction of sp³-hybridized carbons (Fsp3) is 1.00. The highest BCUT2D eigenvalue weighted by atomic mass is 31.2. The maximum Gasteiger partial charge on any atom is 0.325 e. The fourth-order valence-electron chi connectivity index (χ4n) is 0.917. The third-order valence-corrected chi connectivity index (χ3v) is 2.21. The van der Waals surface area contributed by atoms with Crippen molar-refractivity contribution >= 4 is 7.60 Å². The highest BCUT2D eigenvalue weighted by Crippen LogP contribution is 2.36. The van der Waals surface area contributed by atoms with Gasteiger partial charge in [-0.25, -0.2) is 0 Å². The van der Waals surface area contributed by atoms with Gasteiger partial charge in [0, 0.05) is 18.1 Å². The molecular formula is C7H16N3O3P. The van der Waals surface area contributed by atoms with Gasteiger partial charge in [0.2, 0.25) is 0 Å². The molecule has 0 amide bonds. The van der Waals surface area contributed by atoms with Crippen molar-refractivity contribution in [2.45, 2.75) is 25.7 Å². The van der Waals surface area contributed by atoms with Crippen molar-refractivity contribution in [3.05, 3.63) is 10.4 Å². The summed E-state index contributed by atoms with van der Waals surface area (Å²) in [5.74, 6) is 0. The largest absolute Gasteiger partial charge is 0.325 e. The number of nitrogens with zero attached hydrogens (tertiary/aromatic N) is 3. The highest BCUT2D eigenvalue weighted by Gasteiger charge is 2.08. The first-order valence-electron chi connectivity index (χ1n) is 4.52. The van der Waals surface area contributed by atoms with E-state index in [2.05, 4.69) is 14.5 Å². The topological polar surface area (TPSA) is 95.3 Å². The lowest BCUT2D eigenvalue weighted by Gasteiger charge is -2.05. The van der Waals surface area contributed by atoms with Crippen molar-refractivity contribution in [2.24, 2.45) is 5.11 Å². The highest BCUT2D eigenvalue weighted by molar-refractivity contribution is 7.51. The SMILES string of the molecule is CP(=O)(O)OCCCCCCN=[N+]=[N-]. The quantitative estimate of drug-likeness (QED) is 0.224. The number of hydrogen-bond acceptors (Lipinski definition) is 3. The number of unbranched alkanes of at least 4 members (excludes halogenated alkanes) is 3. The molecule has 0 heterocycles. The molecule has 1 unspecified atom stereocenters. The van der Waals surface area contributed by atoms with E-state index in [4.69, 9.17) is 10.4 Å². The Labute approximate surface area is 83.4 Å². The van der Waals surface area contributed by atoms with Crippen molar-refractivity contribution in [1.82, 2.24) is 0 Å². The minimum atomic E-state index is -3.30. The summed E-state index contributed by atoms with van der Waals surface area (Å²) in [7, 11) is -3.30. The van der Waals surface area contributed by atoms with Crippen LogP contribution >= 0.6 is 7.60 Å². The minimum Gasteiger partial charge on any atom is -0.324 e. The van der Waals surface area contributed by atoms with Crippen LogP contribution < -0.4 is 0 Å². The molecule has 1 N–H and O–H groups in total. The predicted molar refractivity (Wildman–Crippen MR) is 54.2 cm³/mol. The van der Waals surface area contributed by atoms with Gasteiger partial charge in [0.25, 0.3) is 0 Å². The Morgan fingerprint density at radius 1 is 1.43 bits per heavy atom. The van der Waals surface area contributed by atoms with E-state index in [1.165, 1.54) is 6.66 Å². The number of rotatable bonds is 8. The van der Waals surface area contributed by atoms with Gasteiger partial charge >= 0.3 is 7.60 Å². The Balaban J connectivity index is 3.14. The summed E-state index contributed by atoms with van der Waals surface area (Å²) in [4.78, 5) is 11.4. The van der Waals surface area contributed by atoms with E-state index < -0.39 is 7.60 Å². The lowest BCUT2D eigenvalue weighted by molar-refractivity contribution is 0.257. The van der Waals surface area contributed by atoms with Crippen LogP contribution in [-0.2, 0) is 9.09 Å². The summed E-state index contributed by atoms with van der Waals surface area (Å²) in [6.07, 6.45) is 3.48. The molecule has 6 nitrogen and oxygen atoms in total. The maximum atomic E-state index is 10.7. The smallest absolute Gasteiger partial charge is 0.324 e. The first kappa shape index (κ1) is 13.5. The molecule has 0 saturated carbocycles. The molecule has 82 valence electrons. The van der Waals surface area contributed by atoms with E-state index >= 15 is 0 Å². The zero-order chi connectivity index (χ0) is 10.9. The molecule has 0 aromatic carbocycles. The Morgan fingerprint density at radius 3 is 2.64 bits per heavy atom. The zero-order valence-corrected chi connectivity index (χ0v) is 9.19. The van der Waals surface area contributed by atoms with Gasteiger partial charge in [0.1, 0.15) is 0 Å². The number of hydrogen-bond donors (Lipinski definition) is 1. The number of azide groups is 1. The van der Waals surface area contributed by atoms with Gasteiger partial charge in [-0.15, -0.1) is 0 Å². The van der Waals surface area contributed by atoms with E-state index in [9.17, 15) is 4.57 Å². The van der Waals surface area contributed by atoms with Gasteiger partial charge in [-0.3, -0.25) is 4.57 Å². The second kappa shape index (κ2) is 7.83. The molecule has 0 spiro atoms. The summed E-state index contributed by atoms with van der Waals surface area (Å²) < 4.78 is 15.4. The molecule has 0 aromatic rings. The summed E-state index contributed by atoms with van der Waals surface area (Å²) in [6.45, 7) is 2.00. The second-order valence-corrected chi connectivity index (χ2v) is 4.87. The standard InChI is InChI=1S/C7H16N3O3P/c1-14(11,12)13-7-5-3-2-4-6-9-10-8/h2-7H2,1H3,(H,11,12). The molecule has 0 aliphatic carbocycles. The molecule has 0 bridgehead atoms. The van der Waals surface area contributed by atoms with E-state index in [0.717, 1.165) is 25.7 Å². The van der Waals surface area contributed by atoms with Gasteiger partial charge in [-0.05, 0) is 18.4 Å². The van der Waals surface area contributed by atoms with Crippen LogP contribution in [0.1, 0.15) is 25.7 Å². The second-order valence-electron chi connectivity index (χ2n) is 3.00. The lowest BCUT2D eigenvalue weighted by atomic mass is 10.2. The van der Waals surface area contributed by atoms with Crippen LogP contribution in [0.3, 0.4) is 0 Å². The molecule has 0 aromatic heterocycles. The molecular weight excluding hydrogens is 205 g/mol. The van der Waals surface area contributed by atoms with Crippen molar-refractivity contribution in [3.8, 4) is 0 Å². The van der Waals surface area contributed by atoms with E-state index in [1.54, 1.807) is 0 Å². The minimum absolute atomic E-state index is 0.311. The fourth-order valence-corrected chi connectivity index (χ4v) is 1.38.